The van der Waals surface area contributed by atoms with Crippen molar-refractivity contribution in [1.29, 1.82) is 0 Å². The second kappa shape index (κ2) is 9.68. The van der Waals surface area contributed by atoms with Gasteiger partial charge < -0.3 is 4.57 Å². The van der Waals surface area contributed by atoms with E-state index in [1.807, 2.05) is 72.9 Å². The molecule has 0 saturated heterocycles. The molecule has 7 nitrogen and oxygen atoms in total. The number of nitrogens with zero attached hydrogens (tertiary/aromatic N) is 7. The minimum atomic E-state index is 0.523. The number of para-hydroxylation sites is 2. The summed E-state index contributed by atoms with van der Waals surface area (Å²) in [6, 6.07) is 43.5. The van der Waals surface area contributed by atoms with E-state index in [1.54, 1.807) is 6.20 Å². The molecule has 0 aliphatic carbocycles. The van der Waals surface area contributed by atoms with Gasteiger partial charge in [0, 0.05) is 38.4 Å². The van der Waals surface area contributed by atoms with Crippen molar-refractivity contribution in [2.45, 2.75) is 0 Å². The van der Waals surface area contributed by atoms with Crippen LogP contribution in [-0.4, -0.2) is 34.3 Å². The summed E-state index contributed by atoms with van der Waals surface area (Å²) < 4.78 is 4.45. The van der Waals surface area contributed by atoms with Crippen LogP contribution in [0.5, 0.6) is 0 Å². The first-order valence-corrected chi connectivity index (χ1v) is 14.4. The van der Waals surface area contributed by atoms with Crippen LogP contribution in [0.25, 0.3) is 78.0 Å². The zero-order valence-corrected chi connectivity index (χ0v) is 23.4. The molecular formula is C37H23N7. The van der Waals surface area contributed by atoms with Crippen molar-refractivity contribution >= 4 is 43.6 Å². The fourth-order valence-electron chi connectivity index (χ4n) is 6.27. The summed E-state index contributed by atoms with van der Waals surface area (Å²) in [5.41, 5.74) is 7.03. The maximum Gasteiger partial charge on any atom is 0.238 e. The molecule has 0 spiro atoms. The van der Waals surface area contributed by atoms with Gasteiger partial charge in [0.05, 0.1) is 34.5 Å². The first-order valence-electron chi connectivity index (χ1n) is 14.4. The molecule has 0 fully saturated rings. The number of hydrogen-bond donors (Lipinski definition) is 0. The zero-order chi connectivity index (χ0) is 29.0. The first kappa shape index (κ1) is 24.4. The minimum Gasteiger partial charge on any atom is -0.309 e. The molecule has 7 heteroatoms. The third-order valence-corrected chi connectivity index (χ3v) is 8.18. The van der Waals surface area contributed by atoms with Crippen LogP contribution >= 0.6 is 0 Å². The maximum absolute atomic E-state index is 5.11. The van der Waals surface area contributed by atoms with Crippen molar-refractivity contribution in [1.82, 2.24) is 34.3 Å². The van der Waals surface area contributed by atoms with E-state index in [1.165, 1.54) is 0 Å². The summed E-state index contributed by atoms with van der Waals surface area (Å²) in [6.45, 7) is 0. The van der Waals surface area contributed by atoms with E-state index >= 15 is 0 Å². The lowest BCUT2D eigenvalue weighted by molar-refractivity contribution is 0.947. The lowest BCUT2D eigenvalue weighted by Gasteiger charge is -2.11. The number of benzene rings is 5. The Morgan fingerprint density at radius 1 is 0.409 bits per heavy atom. The Kier molecular flexibility index (Phi) is 5.36. The van der Waals surface area contributed by atoms with Gasteiger partial charge in [-0.1, -0.05) is 103 Å². The lowest BCUT2D eigenvalue weighted by atomic mass is 10.1. The normalized spacial score (nSPS) is 11.6. The molecule has 4 aromatic heterocycles. The zero-order valence-electron chi connectivity index (χ0n) is 23.4. The molecule has 0 aliphatic rings. The third-order valence-electron chi connectivity index (χ3n) is 8.18. The molecule has 0 N–H and O–H groups in total. The van der Waals surface area contributed by atoms with Gasteiger partial charge in [-0.05, 0) is 24.3 Å². The van der Waals surface area contributed by atoms with E-state index in [0.717, 1.165) is 60.4 Å². The van der Waals surface area contributed by atoms with Gasteiger partial charge in [-0.25, -0.2) is 4.98 Å². The van der Waals surface area contributed by atoms with Crippen LogP contribution in [-0.2, 0) is 0 Å². The minimum absolute atomic E-state index is 0.523. The molecule has 206 valence electrons. The quantitative estimate of drug-likeness (QED) is 0.215. The van der Waals surface area contributed by atoms with Crippen molar-refractivity contribution in [2.24, 2.45) is 0 Å². The predicted octanol–water partition coefficient (Wildman–Crippen LogP) is 8.19. The van der Waals surface area contributed by atoms with E-state index in [2.05, 4.69) is 80.0 Å². The summed E-state index contributed by atoms with van der Waals surface area (Å²) >= 11 is 0. The van der Waals surface area contributed by atoms with Gasteiger partial charge in [0.25, 0.3) is 0 Å². The molecule has 0 atom stereocenters. The monoisotopic (exact) mass is 565 g/mol. The number of hydrogen-bond acceptors (Lipinski definition) is 5. The van der Waals surface area contributed by atoms with E-state index in [4.69, 9.17) is 15.0 Å². The van der Waals surface area contributed by atoms with Gasteiger partial charge in [0.15, 0.2) is 11.6 Å². The molecule has 44 heavy (non-hydrogen) atoms. The predicted molar refractivity (Wildman–Crippen MR) is 175 cm³/mol. The summed E-state index contributed by atoms with van der Waals surface area (Å²) in [7, 11) is 0. The number of rotatable bonds is 4. The average molecular weight is 566 g/mol. The molecule has 9 aromatic rings. The molecular weight excluding hydrogens is 542 g/mol. The number of fused-ring (bicyclic) bond motifs is 7. The molecule has 0 saturated carbocycles. The molecule has 4 heterocycles. The molecule has 5 aromatic carbocycles. The SMILES string of the molecule is c1ccc(-c2nc(-c3ccccc3)nc(-n3c4cnncc4c4ccc5c(c6ccccc6n5-c5ccccc5)c43)n2)cc1. The van der Waals surface area contributed by atoms with Crippen LogP contribution in [0.3, 0.4) is 0 Å². The third kappa shape index (κ3) is 3.66. The highest BCUT2D eigenvalue weighted by molar-refractivity contribution is 6.25. The lowest BCUT2D eigenvalue weighted by Crippen LogP contribution is -2.06. The van der Waals surface area contributed by atoms with Crippen molar-refractivity contribution < 1.29 is 0 Å². The van der Waals surface area contributed by atoms with Crippen molar-refractivity contribution in [3.8, 4) is 34.4 Å². The summed E-state index contributed by atoms with van der Waals surface area (Å²) in [5.74, 6) is 1.73. The topological polar surface area (TPSA) is 74.3 Å². The second-order valence-corrected chi connectivity index (χ2v) is 10.7. The first-order chi connectivity index (χ1) is 21.8. The van der Waals surface area contributed by atoms with Gasteiger partial charge in [-0.2, -0.15) is 20.2 Å². The highest BCUT2D eigenvalue weighted by Gasteiger charge is 2.23. The molecule has 9 rings (SSSR count). The highest BCUT2D eigenvalue weighted by Crippen LogP contribution is 2.41. The van der Waals surface area contributed by atoms with Gasteiger partial charge >= 0.3 is 0 Å². The van der Waals surface area contributed by atoms with E-state index in [-0.39, 0.29) is 0 Å². The molecule has 0 bridgehead atoms. The maximum atomic E-state index is 5.11. The van der Waals surface area contributed by atoms with Gasteiger partial charge in [0.1, 0.15) is 0 Å². The average Bonchev–Trinajstić information content (AvgIpc) is 3.62. The largest absolute Gasteiger partial charge is 0.309 e. The Balaban J connectivity index is 1.46. The summed E-state index contributed by atoms with van der Waals surface area (Å²) in [6.07, 6.45) is 3.62. The van der Waals surface area contributed by atoms with Crippen LogP contribution in [0.15, 0.2) is 140 Å². The van der Waals surface area contributed by atoms with Gasteiger partial charge in [0.2, 0.25) is 5.95 Å². The highest BCUT2D eigenvalue weighted by atomic mass is 15.2. The fraction of sp³-hybridized carbons (Fsp3) is 0. The van der Waals surface area contributed by atoms with E-state index < -0.39 is 0 Å². The van der Waals surface area contributed by atoms with Crippen molar-refractivity contribution in [3.05, 3.63) is 140 Å². The van der Waals surface area contributed by atoms with Gasteiger partial charge in [-0.3, -0.25) is 4.57 Å². The molecule has 0 unspecified atom stereocenters. The Bertz CT molecular complexity index is 2420. The Morgan fingerprint density at radius 2 is 1.02 bits per heavy atom. The Hall–Kier alpha value is -6.21. The van der Waals surface area contributed by atoms with Crippen LogP contribution in [0.1, 0.15) is 0 Å². The summed E-state index contributed by atoms with van der Waals surface area (Å²) in [5, 5.41) is 12.9. The van der Waals surface area contributed by atoms with Crippen LogP contribution in [0.4, 0.5) is 0 Å². The fourth-order valence-corrected chi connectivity index (χ4v) is 6.27. The summed E-state index contributed by atoms with van der Waals surface area (Å²) in [4.78, 5) is 15.2. The van der Waals surface area contributed by atoms with Crippen LogP contribution < -0.4 is 0 Å². The van der Waals surface area contributed by atoms with Crippen molar-refractivity contribution in [2.75, 3.05) is 0 Å². The molecule has 0 radical (unpaired) electrons. The van der Waals surface area contributed by atoms with Crippen LogP contribution in [0.2, 0.25) is 0 Å². The Morgan fingerprint density at radius 3 is 1.73 bits per heavy atom. The number of aromatic nitrogens is 7. The standard InChI is InChI=1S/C37H23N7/c1-4-12-24(13-5-1)35-40-36(25-14-6-2-7-15-25)42-37(41-35)44-32-23-39-38-22-29(32)27-20-21-31-33(34(27)44)28-18-10-11-19-30(28)43(31)26-16-8-3-9-17-26/h1-23H. The molecule has 0 aliphatic heterocycles. The molecule has 0 amide bonds. The second-order valence-electron chi connectivity index (χ2n) is 10.7. The van der Waals surface area contributed by atoms with Crippen molar-refractivity contribution in [3.63, 3.8) is 0 Å². The van der Waals surface area contributed by atoms with Crippen LogP contribution in [0, 0.1) is 0 Å². The van der Waals surface area contributed by atoms with E-state index in [9.17, 15) is 0 Å². The Labute approximate surface area is 251 Å². The van der Waals surface area contributed by atoms with E-state index in [0.29, 0.717) is 17.6 Å². The smallest absolute Gasteiger partial charge is 0.238 e. The van der Waals surface area contributed by atoms with Gasteiger partial charge in [-0.15, -0.1) is 0 Å².